The van der Waals surface area contributed by atoms with E-state index < -0.39 is 30.1 Å². The molecule has 1 amide bonds. The maximum atomic E-state index is 13.6. The fraction of sp³-hybridized carbons (Fsp3) is 0.304. The van der Waals surface area contributed by atoms with Gasteiger partial charge in [-0.3, -0.25) is 14.3 Å². The summed E-state index contributed by atoms with van der Waals surface area (Å²) in [7, 11) is 1.18. The summed E-state index contributed by atoms with van der Waals surface area (Å²) in [5.74, 6) is -2.00. The Labute approximate surface area is 184 Å². The molecule has 0 fully saturated rings. The van der Waals surface area contributed by atoms with Gasteiger partial charge in [-0.25, -0.2) is 9.59 Å². The molecule has 9 nitrogen and oxygen atoms in total. The zero-order chi connectivity index (χ0) is 23.6. The van der Waals surface area contributed by atoms with Crippen LogP contribution in [0.5, 0.6) is 0 Å². The van der Waals surface area contributed by atoms with E-state index in [1.807, 2.05) is 45.0 Å². The molecule has 0 bridgehead atoms. The standard InChI is InChI=1S/C23H25N3O6/c1-14(2)24(12-16-9-6-5-8-15(16)3)23(31)26-21(28)17-10-7-11-18(22(29)30)20(17)25(26)13-19(27)32-4/h5-11,14H,12-13H2,1-4H3,(H,29,30). The summed E-state index contributed by atoms with van der Waals surface area (Å²) in [6.07, 6.45) is 0. The summed E-state index contributed by atoms with van der Waals surface area (Å²) >= 11 is 0. The number of carbonyl (C=O) groups is 3. The van der Waals surface area contributed by atoms with E-state index in [9.17, 15) is 24.3 Å². The molecule has 0 atom stereocenters. The molecular formula is C23H25N3O6. The summed E-state index contributed by atoms with van der Waals surface area (Å²) in [5, 5.41) is 9.65. The molecule has 1 aromatic heterocycles. The minimum Gasteiger partial charge on any atom is -0.478 e. The highest BCUT2D eigenvalue weighted by Gasteiger charge is 2.28. The first-order chi connectivity index (χ1) is 15.2. The van der Waals surface area contributed by atoms with Gasteiger partial charge < -0.3 is 14.7 Å². The van der Waals surface area contributed by atoms with Gasteiger partial charge >= 0.3 is 18.0 Å². The van der Waals surface area contributed by atoms with Crippen molar-refractivity contribution in [1.82, 2.24) is 14.3 Å². The van der Waals surface area contributed by atoms with Crippen molar-refractivity contribution in [2.24, 2.45) is 0 Å². The van der Waals surface area contributed by atoms with E-state index in [0.29, 0.717) is 0 Å². The molecule has 0 aliphatic rings. The van der Waals surface area contributed by atoms with Crippen molar-refractivity contribution in [3.05, 3.63) is 69.5 Å². The van der Waals surface area contributed by atoms with Crippen molar-refractivity contribution in [1.29, 1.82) is 0 Å². The second-order valence-corrected chi connectivity index (χ2v) is 7.69. The van der Waals surface area contributed by atoms with Crippen LogP contribution in [-0.2, 0) is 22.6 Å². The fourth-order valence-electron chi connectivity index (χ4n) is 3.58. The molecule has 168 valence electrons. The van der Waals surface area contributed by atoms with Crippen molar-refractivity contribution in [3.63, 3.8) is 0 Å². The van der Waals surface area contributed by atoms with Gasteiger partial charge in [-0.1, -0.05) is 30.3 Å². The van der Waals surface area contributed by atoms with E-state index in [1.54, 1.807) is 0 Å². The van der Waals surface area contributed by atoms with Crippen molar-refractivity contribution in [3.8, 4) is 0 Å². The topological polar surface area (TPSA) is 111 Å². The number of nitrogens with zero attached hydrogens (tertiary/aromatic N) is 3. The quantitative estimate of drug-likeness (QED) is 0.592. The minimum absolute atomic E-state index is 0.0108. The zero-order valence-corrected chi connectivity index (χ0v) is 18.4. The molecule has 3 aromatic rings. The molecule has 3 rings (SSSR count). The van der Waals surface area contributed by atoms with Gasteiger partial charge in [0.05, 0.1) is 23.6 Å². The smallest absolute Gasteiger partial charge is 0.346 e. The number of aromatic carboxylic acids is 1. The lowest BCUT2D eigenvalue weighted by Crippen LogP contribution is -2.45. The van der Waals surface area contributed by atoms with Gasteiger partial charge in [-0.2, -0.15) is 4.68 Å². The van der Waals surface area contributed by atoms with Gasteiger partial charge in [0.2, 0.25) is 0 Å². The lowest BCUT2D eigenvalue weighted by Gasteiger charge is -2.28. The molecule has 1 heterocycles. The third-order valence-electron chi connectivity index (χ3n) is 5.35. The third kappa shape index (κ3) is 4.14. The average Bonchev–Trinajstić information content (AvgIpc) is 3.03. The molecule has 0 unspecified atom stereocenters. The van der Waals surface area contributed by atoms with Crippen molar-refractivity contribution >= 4 is 28.9 Å². The van der Waals surface area contributed by atoms with Gasteiger partial charge in [-0.05, 0) is 44.0 Å². The Morgan fingerprint density at radius 2 is 1.78 bits per heavy atom. The number of fused-ring (bicyclic) bond motifs is 1. The van der Waals surface area contributed by atoms with Gasteiger partial charge in [0.15, 0.2) is 0 Å². The van der Waals surface area contributed by atoms with Crippen LogP contribution >= 0.6 is 0 Å². The summed E-state index contributed by atoms with van der Waals surface area (Å²) in [6.45, 7) is 5.30. The number of benzene rings is 2. The van der Waals surface area contributed by atoms with Crippen LogP contribution in [0.1, 0.15) is 35.3 Å². The Morgan fingerprint density at radius 3 is 2.38 bits per heavy atom. The number of carbonyl (C=O) groups excluding carboxylic acids is 2. The first-order valence-electron chi connectivity index (χ1n) is 10.1. The predicted octanol–water partition coefficient (Wildman–Crippen LogP) is 2.86. The highest BCUT2D eigenvalue weighted by Crippen LogP contribution is 2.20. The van der Waals surface area contributed by atoms with Gasteiger partial charge in [-0.15, -0.1) is 0 Å². The second-order valence-electron chi connectivity index (χ2n) is 7.69. The van der Waals surface area contributed by atoms with E-state index in [0.717, 1.165) is 20.5 Å². The van der Waals surface area contributed by atoms with Crippen LogP contribution in [0, 0.1) is 6.92 Å². The van der Waals surface area contributed by atoms with Crippen LogP contribution in [0.15, 0.2) is 47.3 Å². The van der Waals surface area contributed by atoms with Gasteiger partial charge in [0.1, 0.15) is 6.54 Å². The molecule has 0 aliphatic carbocycles. The Bertz CT molecular complexity index is 1250. The lowest BCUT2D eigenvalue weighted by molar-refractivity contribution is -0.141. The third-order valence-corrected chi connectivity index (χ3v) is 5.35. The monoisotopic (exact) mass is 439 g/mol. The van der Waals surface area contributed by atoms with Gasteiger partial charge in [0, 0.05) is 12.6 Å². The Kier molecular flexibility index (Phi) is 6.47. The maximum Gasteiger partial charge on any atom is 0.346 e. The SMILES string of the molecule is COC(=O)Cn1c2c(C(=O)O)cccc2c(=O)n1C(=O)N(Cc1ccccc1C)C(C)C. The van der Waals surface area contributed by atoms with Crippen LogP contribution < -0.4 is 5.56 Å². The minimum atomic E-state index is -1.28. The van der Waals surface area contributed by atoms with Crippen molar-refractivity contribution in [2.45, 2.75) is 39.9 Å². The first kappa shape index (κ1) is 22.8. The number of rotatable bonds is 6. The molecule has 32 heavy (non-hydrogen) atoms. The Hall–Kier alpha value is -3.88. The molecule has 0 aliphatic heterocycles. The summed E-state index contributed by atoms with van der Waals surface area (Å²) < 4.78 is 6.63. The number of hydrogen-bond acceptors (Lipinski definition) is 5. The highest BCUT2D eigenvalue weighted by molar-refractivity contribution is 6.03. The van der Waals surface area contributed by atoms with E-state index in [-0.39, 0.29) is 29.1 Å². The van der Waals surface area contributed by atoms with Crippen LogP contribution in [0.25, 0.3) is 10.9 Å². The Balaban J connectivity index is 2.23. The molecule has 0 spiro atoms. The number of carboxylic acid groups (broad SMARTS) is 1. The number of esters is 1. The van der Waals surface area contributed by atoms with E-state index in [4.69, 9.17) is 4.74 Å². The summed E-state index contributed by atoms with van der Waals surface area (Å²) in [6, 6.07) is 10.8. The number of ether oxygens (including phenoxy) is 1. The number of methoxy groups -OCH3 is 1. The molecule has 0 saturated heterocycles. The summed E-state index contributed by atoms with van der Waals surface area (Å²) in [4.78, 5) is 52.3. The molecular weight excluding hydrogens is 414 g/mol. The van der Waals surface area contributed by atoms with Crippen molar-refractivity contribution in [2.75, 3.05) is 7.11 Å². The van der Waals surface area contributed by atoms with E-state index >= 15 is 0 Å². The van der Waals surface area contributed by atoms with Crippen LogP contribution in [-0.4, -0.2) is 50.5 Å². The molecule has 2 aromatic carbocycles. The highest BCUT2D eigenvalue weighted by atomic mass is 16.5. The van der Waals surface area contributed by atoms with Crippen molar-refractivity contribution < 1.29 is 24.2 Å². The Morgan fingerprint density at radius 1 is 1.09 bits per heavy atom. The normalized spacial score (nSPS) is 11.0. The number of para-hydroxylation sites is 1. The summed E-state index contributed by atoms with van der Waals surface area (Å²) in [5.41, 5.74) is 0.992. The number of amides is 1. The zero-order valence-electron chi connectivity index (χ0n) is 18.4. The molecule has 9 heteroatoms. The molecule has 0 saturated carbocycles. The second kappa shape index (κ2) is 9.09. The average molecular weight is 439 g/mol. The van der Waals surface area contributed by atoms with E-state index in [1.165, 1.54) is 30.2 Å². The fourth-order valence-corrected chi connectivity index (χ4v) is 3.58. The molecule has 0 radical (unpaired) electrons. The maximum absolute atomic E-state index is 13.6. The number of hydrogen-bond donors (Lipinski definition) is 1. The molecule has 1 N–H and O–H groups in total. The number of aryl methyl sites for hydroxylation is 1. The number of carboxylic acids is 1. The number of aromatic nitrogens is 2. The lowest BCUT2D eigenvalue weighted by atomic mass is 10.1. The van der Waals surface area contributed by atoms with Crippen LogP contribution in [0.4, 0.5) is 4.79 Å². The van der Waals surface area contributed by atoms with E-state index in [2.05, 4.69) is 0 Å². The van der Waals surface area contributed by atoms with Crippen LogP contribution in [0.3, 0.4) is 0 Å². The van der Waals surface area contributed by atoms with Gasteiger partial charge in [0.25, 0.3) is 5.56 Å². The predicted molar refractivity (Wildman–Crippen MR) is 118 cm³/mol. The first-order valence-corrected chi connectivity index (χ1v) is 10.1. The largest absolute Gasteiger partial charge is 0.478 e. The van der Waals surface area contributed by atoms with Crippen LogP contribution in [0.2, 0.25) is 0 Å².